The molecular formula is C9H18ClNO4. The summed E-state index contributed by atoms with van der Waals surface area (Å²) in [7, 11) is 1.22. The maximum atomic E-state index is 11.2. The Kier molecular flexibility index (Phi) is 7.35. The van der Waals surface area contributed by atoms with Crippen LogP contribution in [-0.4, -0.2) is 30.7 Å². The maximum absolute atomic E-state index is 11.2. The fourth-order valence-corrected chi connectivity index (χ4v) is 0.797. The molecule has 0 unspecified atom stereocenters. The molecule has 0 aromatic heterocycles. The number of ether oxygens (including phenoxy) is 2. The Bertz CT molecular complexity index is 225. The Balaban J connectivity index is 0. The molecule has 2 N–H and O–H groups in total. The second kappa shape index (κ2) is 6.63. The summed E-state index contributed by atoms with van der Waals surface area (Å²) >= 11 is 0. The molecule has 0 bridgehead atoms. The molecular weight excluding hydrogens is 222 g/mol. The highest BCUT2D eigenvalue weighted by Crippen LogP contribution is 2.08. The molecule has 0 aliphatic carbocycles. The third-order valence-corrected chi connectivity index (χ3v) is 1.31. The van der Waals surface area contributed by atoms with Crippen molar-refractivity contribution in [2.45, 2.75) is 38.8 Å². The van der Waals surface area contributed by atoms with Crippen molar-refractivity contribution in [3.05, 3.63) is 0 Å². The number of rotatable bonds is 3. The maximum Gasteiger partial charge on any atom is 0.323 e. The number of hydrogen-bond acceptors (Lipinski definition) is 5. The van der Waals surface area contributed by atoms with Crippen LogP contribution in [0.2, 0.25) is 0 Å². The lowest BCUT2D eigenvalue weighted by molar-refractivity contribution is -0.158. The zero-order valence-electron chi connectivity index (χ0n) is 9.40. The van der Waals surface area contributed by atoms with Crippen molar-refractivity contribution >= 4 is 24.3 Å². The van der Waals surface area contributed by atoms with Crippen LogP contribution in [0.25, 0.3) is 0 Å². The van der Waals surface area contributed by atoms with Crippen LogP contribution in [-0.2, 0) is 19.1 Å². The summed E-state index contributed by atoms with van der Waals surface area (Å²) in [6, 6.07) is -0.949. The van der Waals surface area contributed by atoms with Gasteiger partial charge in [0, 0.05) is 0 Å². The van der Waals surface area contributed by atoms with Crippen molar-refractivity contribution in [1.29, 1.82) is 0 Å². The van der Waals surface area contributed by atoms with Crippen molar-refractivity contribution < 1.29 is 19.1 Å². The van der Waals surface area contributed by atoms with E-state index in [0.717, 1.165) is 0 Å². The molecule has 0 radical (unpaired) electrons. The number of halogens is 1. The zero-order chi connectivity index (χ0) is 11.4. The van der Waals surface area contributed by atoms with Gasteiger partial charge >= 0.3 is 11.9 Å². The van der Waals surface area contributed by atoms with Crippen LogP contribution >= 0.6 is 12.4 Å². The van der Waals surface area contributed by atoms with Gasteiger partial charge in [0.15, 0.2) is 0 Å². The first kappa shape index (κ1) is 16.6. The van der Waals surface area contributed by atoms with Gasteiger partial charge in [-0.15, -0.1) is 12.4 Å². The number of carbonyl (C=O) groups is 2. The molecule has 1 atom stereocenters. The molecule has 0 aromatic rings. The first-order valence-electron chi connectivity index (χ1n) is 4.31. The molecule has 0 heterocycles. The summed E-state index contributed by atoms with van der Waals surface area (Å²) in [6.45, 7) is 5.23. The highest BCUT2D eigenvalue weighted by atomic mass is 35.5. The minimum absolute atomic E-state index is 0. The lowest BCUT2D eigenvalue weighted by Gasteiger charge is -2.20. The van der Waals surface area contributed by atoms with E-state index in [-0.39, 0.29) is 18.8 Å². The Hall–Kier alpha value is -0.810. The van der Waals surface area contributed by atoms with Crippen LogP contribution in [0, 0.1) is 0 Å². The van der Waals surface area contributed by atoms with E-state index in [2.05, 4.69) is 4.74 Å². The largest absolute Gasteiger partial charge is 0.468 e. The van der Waals surface area contributed by atoms with Crippen molar-refractivity contribution in [2.24, 2.45) is 5.73 Å². The van der Waals surface area contributed by atoms with E-state index >= 15 is 0 Å². The van der Waals surface area contributed by atoms with E-state index in [4.69, 9.17) is 10.5 Å². The van der Waals surface area contributed by atoms with Crippen LogP contribution in [0.4, 0.5) is 0 Å². The van der Waals surface area contributed by atoms with Gasteiger partial charge in [0.05, 0.1) is 13.5 Å². The van der Waals surface area contributed by atoms with E-state index in [0.29, 0.717) is 0 Å². The molecule has 0 amide bonds. The van der Waals surface area contributed by atoms with E-state index in [1.807, 2.05) is 0 Å². The Morgan fingerprint density at radius 1 is 1.33 bits per heavy atom. The second-order valence-corrected chi connectivity index (χ2v) is 3.92. The lowest BCUT2D eigenvalue weighted by Crippen LogP contribution is -2.36. The number of carbonyl (C=O) groups excluding carboxylic acids is 2. The first-order chi connectivity index (χ1) is 6.26. The summed E-state index contributed by atoms with van der Waals surface area (Å²) in [5.41, 5.74) is 4.81. The minimum Gasteiger partial charge on any atom is -0.468 e. The van der Waals surface area contributed by atoms with E-state index in [1.54, 1.807) is 20.8 Å². The second-order valence-electron chi connectivity index (χ2n) is 3.92. The topological polar surface area (TPSA) is 78.6 Å². The standard InChI is InChI=1S/C9H17NO4.ClH/c1-9(2,3)14-7(11)5-6(10)8(12)13-4;/h6H,5,10H2,1-4H3;1H/t6-;/m0./s1. The molecule has 0 spiro atoms. The fraction of sp³-hybridized carbons (Fsp3) is 0.778. The summed E-state index contributed by atoms with van der Waals surface area (Å²) in [6.07, 6.45) is -0.163. The predicted octanol–water partition coefficient (Wildman–Crippen LogP) is 0.640. The van der Waals surface area contributed by atoms with Crippen molar-refractivity contribution in [3.8, 4) is 0 Å². The van der Waals surface area contributed by atoms with Crippen molar-refractivity contribution in [3.63, 3.8) is 0 Å². The Morgan fingerprint density at radius 3 is 2.13 bits per heavy atom. The third-order valence-electron chi connectivity index (χ3n) is 1.31. The molecule has 0 saturated carbocycles. The highest BCUT2D eigenvalue weighted by molar-refractivity contribution is 5.85. The van der Waals surface area contributed by atoms with E-state index < -0.39 is 23.6 Å². The van der Waals surface area contributed by atoms with Gasteiger partial charge in [-0.05, 0) is 20.8 Å². The number of nitrogens with two attached hydrogens (primary N) is 1. The average Bonchev–Trinajstić information content (AvgIpc) is 1.99. The van der Waals surface area contributed by atoms with Gasteiger partial charge in [-0.25, -0.2) is 0 Å². The van der Waals surface area contributed by atoms with Gasteiger partial charge in [0.1, 0.15) is 11.6 Å². The summed E-state index contributed by atoms with van der Waals surface area (Å²) in [4.78, 5) is 22.0. The molecule has 90 valence electrons. The molecule has 0 rings (SSSR count). The predicted molar refractivity (Wildman–Crippen MR) is 57.7 cm³/mol. The van der Waals surface area contributed by atoms with Crippen molar-refractivity contribution in [2.75, 3.05) is 7.11 Å². The van der Waals surface area contributed by atoms with Gasteiger partial charge in [-0.2, -0.15) is 0 Å². The molecule has 0 fully saturated rings. The number of methoxy groups -OCH3 is 1. The van der Waals surface area contributed by atoms with Gasteiger partial charge in [-0.1, -0.05) is 0 Å². The summed E-state index contributed by atoms with van der Waals surface area (Å²) in [5.74, 6) is -1.12. The van der Waals surface area contributed by atoms with Gasteiger partial charge in [-0.3, -0.25) is 9.59 Å². The molecule has 15 heavy (non-hydrogen) atoms. The Labute approximate surface area is 95.7 Å². The molecule has 5 nitrogen and oxygen atoms in total. The highest BCUT2D eigenvalue weighted by Gasteiger charge is 2.22. The Morgan fingerprint density at radius 2 is 1.80 bits per heavy atom. The SMILES string of the molecule is COC(=O)[C@@H](N)CC(=O)OC(C)(C)C.Cl. The van der Waals surface area contributed by atoms with Gasteiger partial charge < -0.3 is 15.2 Å². The monoisotopic (exact) mass is 239 g/mol. The molecule has 6 heteroatoms. The van der Waals surface area contributed by atoms with Crippen molar-refractivity contribution in [1.82, 2.24) is 0 Å². The summed E-state index contributed by atoms with van der Waals surface area (Å²) < 4.78 is 9.35. The van der Waals surface area contributed by atoms with E-state index in [1.165, 1.54) is 7.11 Å². The van der Waals surface area contributed by atoms with Crippen LogP contribution in [0.1, 0.15) is 27.2 Å². The first-order valence-corrected chi connectivity index (χ1v) is 4.31. The normalized spacial score (nSPS) is 12.3. The van der Waals surface area contributed by atoms with Gasteiger partial charge in [0.25, 0.3) is 0 Å². The minimum atomic E-state index is -0.949. The number of esters is 2. The third kappa shape index (κ3) is 8.20. The van der Waals surface area contributed by atoms with Gasteiger partial charge in [0.2, 0.25) is 0 Å². The fourth-order valence-electron chi connectivity index (χ4n) is 0.797. The smallest absolute Gasteiger partial charge is 0.323 e. The zero-order valence-corrected chi connectivity index (χ0v) is 10.2. The van der Waals surface area contributed by atoms with Crippen LogP contribution in [0.3, 0.4) is 0 Å². The quantitative estimate of drug-likeness (QED) is 0.732. The summed E-state index contributed by atoms with van der Waals surface area (Å²) in [5, 5.41) is 0. The lowest BCUT2D eigenvalue weighted by atomic mass is 10.2. The van der Waals surface area contributed by atoms with Crippen LogP contribution < -0.4 is 5.73 Å². The average molecular weight is 240 g/mol. The van der Waals surface area contributed by atoms with Crippen LogP contribution in [0.15, 0.2) is 0 Å². The molecule has 0 aliphatic heterocycles. The van der Waals surface area contributed by atoms with E-state index in [9.17, 15) is 9.59 Å². The van der Waals surface area contributed by atoms with Crippen LogP contribution in [0.5, 0.6) is 0 Å². The molecule has 0 aromatic carbocycles. The number of hydrogen-bond donors (Lipinski definition) is 1. The molecule has 0 aliphatic rings. The molecule has 0 saturated heterocycles.